The number of benzene rings is 1. The normalized spacial score (nSPS) is 22.1. The predicted octanol–water partition coefficient (Wildman–Crippen LogP) is 6.18. The van der Waals surface area contributed by atoms with Gasteiger partial charge in [0.1, 0.15) is 5.75 Å². The van der Waals surface area contributed by atoms with Crippen molar-refractivity contribution >= 4 is 0 Å². The van der Waals surface area contributed by atoms with Crippen LogP contribution in [0.3, 0.4) is 0 Å². The van der Waals surface area contributed by atoms with E-state index >= 15 is 0 Å². The minimum atomic E-state index is 0.739. The molecule has 0 aromatic heterocycles. The highest BCUT2D eigenvalue weighted by molar-refractivity contribution is 5.27. The Hall–Kier alpha value is -1.24. The molecule has 1 saturated carbocycles. The van der Waals surface area contributed by atoms with Crippen molar-refractivity contribution in [2.75, 3.05) is 6.61 Å². The summed E-state index contributed by atoms with van der Waals surface area (Å²) in [6.07, 6.45) is 15.7. The van der Waals surface area contributed by atoms with Gasteiger partial charge in [0.05, 0.1) is 6.61 Å². The Morgan fingerprint density at radius 1 is 1.05 bits per heavy atom. The first-order chi connectivity index (χ1) is 10.8. The smallest absolute Gasteiger partial charge is 0.119 e. The maximum atomic E-state index is 5.48. The standard InChI is InChI=1S/C21H32O/c1-3-7-18-10-12-19(13-11-18)8-5-6-9-20-14-16-21(17-15-20)22-4-2/h5,8,14-19H,3-4,6-7,9-13H2,1-2H3/t18-,19-. The molecule has 1 fully saturated rings. The quantitative estimate of drug-likeness (QED) is 0.521. The van der Waals surface area contributed by atoms with Gasteiger partial charge in [-0.05, 0) is 75.0 Å². The summed E-state index contributed by atoms with van der Waals surface area (Å²) >= 11 is 0. The van der Waals surface area contributed by atoms with E-state index in [1.807, 2.05) is 6.92 Å². The molecule has 0 radical (unpaired) electrons. The lowest BCUT2D eigenvalue weighted by Crippen LogP contribution is -2.12. The summed E-state index contributed by atoms with van der Waals surface area (Å²) in [4.78, 5) is 0. The van der Waals surface area contributed by atoms with Gasteiger partial charge in [-0.15, -0.1) is 0 Å². The van der Waals surface area contributed by atoms with E-state index in [2.05, 4.69) is 43.3 Å². The monoisotopic (exact) mass is 300 g/mol. The van der Waals surface area contributed by atoms with Crippen molar-refractivity contribution in [1.82, 2.24) is 0 Å². The van der Waals surface area contributed by atoms with Gasteiger partial charge in [0.2, 0.25) is 0 Å². The van der Waals surface area contributed by atoms with E-state index in [0.717, 1.165) is 37.0 Å². The Bertz CT molecular complexity index is 424. The van der Waals surface area contributed by atoms with Crippen molar-refractivity contribution in [2.45, 2.75) is 65.2 Å². The minimum Gasteiger partial charge on any atom is -0.494 e. The van der Waals surface area contributed by atoms with Crippen LogP contribution in [-0.4, -0.2) is 6.61 Å². The van der Waals surface area contributed by atoms with Crippen LogP contribution < -0.4 is 4.74 Å². The zero-order chi connectivity index (χ0) is 15.6. The molecule has 22 heavy (non-hydrogen) atoms. The van der Waals surface area contributed by atoms with Crippen LogP contribution >= 0.6 is 0 Å². The van der Waals surface area contributed by atoms with Gasteiger partial charge in [0.15, 0.2) is 0 Å². The Kier molecular flexibility index (Phi) is 7.56. The van der Waals surface area contributed by atoms with Gasteiger partial charge in [0, 0.05) is 0 Å². The SMILES string of the molecule is CCC[C@H]1CC[C@H](C=CCCc2ccc(OCC)cc2)CC1. The Balaban J connectivity index is 1.65. The van der Waals surface area contributed by atoms with E-state index in [1.165, 1.54) is 44.1 Å². The molecule has 1 aromatic rings. The number of aryl methyl sites for hydroxylation is 1. The first-order valence-electron chi connectivity index (χ1n) is 9.20. The molecule has 122 valence electrons. The van der Waals surface area contributed by atoms with Gasteiger partial charge < -0.3 is 4.74 Å². The van der Waals surface area contributed by atoms with E-state index in [4.69, 9.17) is 4.74 Å². The summed E-state index contributed by atoms with van der Waals surface area (Å²) in [7, 11) is 0. The molecule has 0 saturated heterocycles. The average Bonchev–Trinajstić information content (AvgIpc) is 2.55. The molecule has 0 unspecified atom stereocenters. The fraction of sp³-hybridized carbons (Fsp3) is 0.619. The van der Waals surface area contributed by atoms with Crippen LogP contribution in [0.1, 0.15) is 64.4 Å². The van der Waals surface area contributed by atoms with E-state index in [-0.39, 0.29) is 0 Å². The first-order valence-corrected chi connectivity index (χ1v) is 9.20. The maximum Gasteiger partial charge on any atom is 0.119 e. The summed E-state index contributed by atoms with van der Waals surface area (Å²) < 4.78 is 5.48. The lowest BCUT2D eigenvalue weighted by molar-refractivity contribution is 0.294. The molecule has 1 nitrogen and oxygen atoms in total. The topological polar surface area (TPSA) is 9.23 Å². The number of rotatable bonds is 8. The second-order valence-electron chi connectivity index (χ2n) is 6.61. The molecular weight excluding hydrogens is 268 g/mol. The molecule has 0 N–H and O–H groups in total. The Morgan fingerprint density at radius 2 is 1.77 bits per heavy atom. The van der Waals surface area contributed by atoms with Crippen LogP contribution in [0, 0.1) is 11.8 Å². The van der Waals surface area contributed by atoms with Gasteiger partial charge in [-0.3, -0.25) is 0 Å². The largest absolute Gasteiger partial charge is 0.494 e. The molecule has 0 atom stereocenters. The molecule has 1 aliphatic carbocycles. The first kappa shape index (κ1) is 17.1. The fourth-order valence-corrected chi connectivity index (χ4v) is 3.54. The van der Waals surface area contributed by atoms with Gasteiger partial charge in [-0.2, -0.15) is 0 Å². The Labute approximate surface area is 136 Å². The van der Waals surface area contributed by atoms with Crippen LogP contribution in [0.25, 0.3) is 0 Å². The number of hydrogen-bond donors (Lipinski definition) is 0. The van der Waals surface area contributed by atoms with Crippen molar-refractivity contribution in [3.05, 3.63) is 42.0 Å². The predicted molar refractivity (Wildman–Crippen MR) is 95.4 cm³/mol. The summed E-state index contributed by atoms with van der Waals surface area (Å²) in [6, 6.07) is 8.54. The highest BCUT2D eigenvalue weighted by Gasteiger charge is 2.18. The van der Waals surface area contributed by atoms with Crippen molar-refractivity contribution in [1.29, 1.82) is 0 Å². The van der Waals surface area contributed by atoms with E-state index < -0.39 is 0 Å². The molecule has 2 rings (SSSR count). The summed E-state index contributed by atoms with van der Waals surface area (Å²) in [6.45, 7) is 5.07. The van der Waals surface area contributed by atoms with E-state index in [1.54, 1.807) is 0 Å². The zero-order valence-corrected chi connectivity index (χ0v) is 14.4. The lowest BCUT2D eigenvalue weighted by atomic mass is 9.80. The third kappa shape index (κ3) is 5.87. The fourth-order valence-electron chi connectivity index (χ4n) is 3.54. The highest BCUT2D eigenvalue weighted by Crippen LogP contribution is 2.32. The molecule has 0 aliphatic heterocycles. The second kappa shape index (κ2) is 9.71. The number of allylic oxidation sites excluding steroid dienone is 2. The van der Waals surface area contributed by atoms with Crippen molar-refractivity contribution in [3.63, 3.8) is 0 Å². The van der Waals surface area contributed by atoms with E-state index in [9.17, 15) is 0 Å². The van der Waals surface area contributed by atoms with E-state index in [0.29, 0.717) is 0 Å². The zero-order valence-electron chi connectivity index (χ0n) is 14.4. The van der Waals surface area contributed by atoms with Gasteiger partial charge in [-0.1, -0.05) is 44.1 Å². The van der Waals surface area contributed by atoms with Gasteiger partial charge >= 0.3 is 0 Å². The average molecular weight is 300 g/mol. The third-order valence-corrected chi connectivity index (χ3v) is 4.83. The van der Waals surface area contributed by atoms with Crippen LogP contribution in [-0.2, 0) is 6.42 Å². The Morgan fingerprint density at radius 3 is 2.41 bits per heavy atom. The van der Waals surface area contributed by atoms with Crippen LogP contribution in [0.2, 0.25) is 0 Å². The highest BCUT2D eigenvalue weighted by atomic mass is 16.5. The molecule has 1 aliphatic rings. The van der Waals surface area contributed by atoms with Crippen LogP contribution in [0.5, 0.6) is 5.75 Å². The third-order valence-electron chi connectivity index (χ3n) is 4.83. The summed E-state index contributed by atoms with van der Waals surface area (Å²) in [5.41, 5.74) is 1.40. The molecule has 0 spiro atoms. The molecular formula is C21H32O. The lowest BCUT2D eigenvalue weighted by Gasteiger charge is -2.26. The summed E-state index contributed by atoms with van der Waals surface area (Å²) in [5, 5.41) is 0. The van der Waals surface area contributed by atoms with Crippen LogP contribution in [0.4, 0.5) is 0 Å². The van der Waals surface area contributed by atoms with Crippen molar-refractivity contribution < 1.29 is 4.74 Å². The number of ether oxygens (including phenoxy) is 1. The molecule has 1 aromatic carbocycles. The summed E-state index contributed by atoms with van der Waals surface area (Å²) in [5.74, 6) is 2.83. The second-order valence-corrected chi connectivity index (χ2v) is 6.61. The molecule has 0 heterocycles. The molecule has 0 bridgehead atoms. The maximum absolute atomic E-state index is 5.48. The van der Waals surface area contributed by atoms with Gasteiger partial charge in [0.25, 0.3) is 0 Å². The minimum absolute atomic E-state index is 0.739. The van der Waals surface area contributed by atoms with Crippen molar-refractivity contribution in [2.24, 2.45) is 11.8 Å². The molecule has 0 amide bonds. The van der Waals surface area contributed by atoms with Crippen molar-refractivity contribution in [3.8, 4) is 5.75 Å². The van der Waals surface area contributed by atoms with Crippen LogP contribution in [0.15, 0.2) is 36.4 Å². The number of hydrogen-bond acceptors (Lipinski definition) is 1. The van der Waals surface area contributed by atoms with Gasteiger partial charge in [-0.25, -0.2) is 0 Å². The molecule has 1 heteroatoms.